The van der Waals surface area contributed by atoms with Gasteiger partial charge in [0.2, 0.25) is 0 Å². The third-order valence-electron chi connectivity index (χ3n) is 5.84. The first-order valence-electron chi connectivity index (χ1n) is 9.90. The minimum Gasteiger partial charge on any atom is -0.493 e. The Morgan fingerprint density at radius 3 is 2.38 bits per heavy atom. The lowest BCUT2D eigenvalue weighted by Gasteiger charge is -2.38. The van der Waals surface area contributed by atoms with Crippen LogP contribution in [0, 0.1) is 12.8 Å². The molecule has 1 fully saturated rings. The number of alkyl halides is 3. The van der Waals surface area contributed by atoms with Crippen molar-refractivity contribution in [1.29, 1.82) is 0 Å². The molecule has 0 spiro atoms. The van der Waals surface area contributed by atoms with E-state index in [0.717, 1.165) is 36.8 Å². The van der Waals surface area contributed by atoms with Gasteiger partial charge in [-0.3, -0.25) is 4.99 Å². The minimum absolute atomic E-state index is 0.133. The van der Waals surface area contributed by atoms with Gasteiger partial charge in [0.15, 0.2) is 5.66 Å². The Morgan fingerprint density at radius 2 is 1.83 bits per heavy atom. The van der Waals surface area contributed by atoms with Crippen molar-refractivity contribution < 1.29 is 22.6 Å². The number of nitrogens with zero attached hydrogens (tertiary/aromatic N) is 2. The molecule has 1 aliphatic heterocycles. The van der Waals surface area contributed by atoms with Gasteiger partial charge in [-0.15, -0.1) is 0 Å². The fourth-order valence-corrected chi connectivity index (χ4v) is 4.20. The molecule has 5 nitrogen and oxygen atoms in total. The summed E-state index contributed by atoms with van der Waals surface area (Å²) in [7, 11) is 1.72. The third kappa shape index (κ3) is 4.74. The van der Waals surface area contributed by atoms with E-state index < -0.39 is 24.9 Å². The Kier molecular flexibility index (Phi) is 6.22. The van der Waals surface area contributed by atoms with Crippen molar-refractivity contribution in [3.63, 3.8) is 0 Å². The SMILES string of the molecule is COC1CCC(C2(c3cc(OCCC(F)(F)F)ccc3C)N=C(C)C(N)=N2)CC1. The van der Waals surface area contributed by atoms with E-state index in [1.807, 2.05) is 19.9 Å². The predicted octanol–water partition coefficient (Wildman–Crippen LogP) is 4.52. The highest BCUT2D eigenvalue weighted by atomic mass is 19.4. The maximum Gasteiger partial charge on any atom is 0.392 e. The standard InChI is InChI=1S/C21H28F3N3O2/c1-13-4-7-17(29-11-10-20(22,23)24)12-18(13)21(26-14(2)19(25)27-21)15-5-8-16(28-3)9-6-15/h4,7,12,15-16H,5-6,8-11H2,1-3H3,(H2,25,27). The summed E-state index contributed by atoms with van der Waals surface area (Å²) in [5.41, 5.74) is 7.72. The van der Waals surface area contributed by atoms with Gasteiger partial charge in [0.05, 0.1) is 24.8 Å². The second kappa shape index (κ2) is 8.34. The van der Waals surface area contributed by atoms with Crippen molar-refractivity contribution in [3.05, 3.63) is 29.3 Å². The van der Waals surface area contributed by atoms with E-state index in [4.69, 9.17) is 25.2 Å². The minimum atomic E-state index is -4.25. The molecule has 1 aromatic rings. The van der Waals surface area contributed by atoms with Gasteiger partial charge in [-0.1, -0.05) is 6.07 Å². The summed E-state index contributed by atoms with van der Waals surface area (Å²) in [5.74, 6) is 0.920. The van der Waals surface area contributed by atoms with Gasteiger partial charge < -0.3 is 15.2 Å². The first-order chi connectivity index (χ1) is 13.6. The Hall–Kier alpha value is -2.09. The smallest absolute Gasteiger partial charge is 0.392 e. The third-order valence-corrected chi connectivity index (χ3v) is 5.84. The number of amidine groups is 1. The van der Waals surface area contributed by atoms with Gasteiger partial charge in [0.25, 0.3) is 0 Å². The molecule has 0 aromatic heterocycles. The lowest BCUT2D eigenvalue weighted by molar-refractivity contribution is -0.139. The number of aryl methyl sites for hydroxylation is 1. The van der Waals surface area contributed by atoms with E-state index in [9.17, 15) is 13.2 Å². The second-order valence-corrected chi connectivity index (χ2v) is 7.82. The predicted molar refractivity (Wildman–Crippen MR) is 107 cm³/mol. The molecule has 3 rings (SSSR count). The molecule has 1 saturated carbocycles. The fourth-order valence-electron chi connectivity index (χ4n) is 4.20. The topological polar surface area (TPSA) is 69.2 Å². The normalized spacial score (nSPS) is 27.5. The molecular weight excluding hydrogens is 383 g/mol. The first-order valence-corrected chi connectivity index (χ1v) is 9.90. The summed E-state index contributed by atoms with van der Waals surface area (Å²) < 4.78 is 48.3. The Morgan fingerprint density at radius 1 is 1.14 bits per heavy atom. The second-order valence-electron chi connectivity index (χ2n) is 7.82. The summed E-state index contributed by atoms with van der Waals surface area (Å²) in [5, 5.41) is 0. The summed E-state index contributed by atoms with van der Waals surface area (Å²) >= 11 is 0. The van der Waals surface area contributed by atoms with Gasteiger partial charge in [0, 0.05) is 18.6 Å². The van der Waals surface area contributed by atoms with Crippen LogP contribution in [0.2, 0.25) is 0 Å². The zero-order valence-electron chi connectivity index (χ0n) is 17.1. The lowest BCUT2D eigenvalue weighted by Crippen LogP contribution is -2.36. The van der Waals surface area contributed by atoms with Crippen LogP contribution in [0.1, 0.15) is 50.2 Å². The highest BCUT2D eigenvalue weighted by Crippen LogP contribution is 2.47. The zero-order chi connectivity index (χ0) is 21.2. The van der Waals surface area contributed by atoms with Gasteiger partial charge in [-0.05, 0) is 57.2 Å². The van der Waals surface area contributed by atoms with Crippen LogP contribution in [0.15, 0.2) is 28.2 Å². The number of benzene rings is 1. The number of hydrogen-bond donors (Lipinski definition) is 1. The van der Waals surface area contributed by atoms with Gasteiger partial charge in [-0.25, -0.2) is 4.99 Å². The molecule has 0 radical (unpaired) electrons. The van der Waals surface area contributed by atoms with E-state index >= 15 is 0 Å². The van der Waals surface area contributed by atoms with E-state index in [1.165, 1.54) is 0 Å². The molecule has 0 amide bonds. The Balaban J connectivity index is 1.92. The van der Waals surface area contributed by atoms with E-state index in [-0.39, 0.29) is 12.0 Å². The summed E-state index contributed by atoms with van der Waals surface area (Å²) in [6.07, 6.45) is -1.43. The van der Waals surface area contributed by atoms with Crippen molar-refractivity contribution in [2.24, 2.45) is 21.6 Å². The highest BCUT2D eigenvalue weighted by molar-refractivity contribution is 6.41. The van der Waals surface area contributed by atoms with Crippen LogP contribution in [-0.4, -0.2) is 37.5 Å². The summed E-state index contributed by atoms with van der Waals surface area (Å²) in [4.78, 5) is 9.66. The Labute approximate surface area is 169 Å². The average molecular weight is 411 g/mol. The van der Waals surface area contributed by atoms with E-state index in [1.54, 1.807) is 19.2 Å². The molecule has 8 heteroatoms. The molecule has 0 bridgehead atoms. The number of methoxy groups -OCH3 is 1. The molecule has 2 N–H and O–H groups in total. The molecule has 29 heavy (non-hydrogen) atoms. The average Bonchev–Trinajstić information content (AvgIpc) is 2.97. The maximum absolute atomic E-state index is 12.5. The molecule has 1 aliphatic carbocycles. The fraction of sp³-hybridized carbons (Fsp3) is 0.619. The highest BCUT2D eigenvalue weighted by Gasteiger charge is 2.46. The molecule has 1 aromatic carbocycles. The van der Waals surface area contributed by atoms with Crippen LogP contribution in [0.3, 0.4) is 0 Å². The molecule has 1 atom stereocenters. The number of halogens is 3. The molecule has 1 heterocycles. The van der Waals surface area contributed by atoms with Crippen LogP contribution in [-0.2, 0) is 10.4 Å². The summed E-state index contributed by atoms with van der Waals surface area (Å²) in [6, 6.07) is 5.30. The van der Waals surface area contributed by atoms with Crippen molar-refractivity contribution >= 4 is 11.5 Å². The first kappa shape index (κ1) is 21.6. The molecule has 160 valence electrons. The molecule has 1 unspecified atom stereocenters. The number of ether oxygens (including phenoxy) is 2. The maximum atomic E-state index is 12.5. The Bertz CT molecular complexity index is 779. The molecular formula is C21H28F3N3O2. The number of aliphatic imine (C=N–C) groups is 2. The van der Waals surface area contributed by atoms with Crippen molar-refractivity contribution in [1.82, 2.24) is 0 Å². The van der Waals surface area contributed by atoms with Crippen molar-refractivity contribution in [2.45, 2.75) is 63.9 Å². The largest absolute Gasteiger partial charge is 0.493 e. The molecule has 2 aliphatic rings. The van der Waals surface area contributed by atoms with Crippen LogP contribution >= 0.6 is 0 Å². The quantitative estimate of drug-likeness (QED) is 0.749. The van der Waals surface area contributed by atoms with Crippen LogP contribution in [0.25, 0.3) is 0 Å². The zero-order valence-corrected chi connectivity index (χ0v) is 17.1. The molecule has 0 saturated heterocycles. The van der Waals surface area contributed by atoms with Crippen molar-refractivity contribution in [2.75, 3.05) is 13.7 Å². The van der Waals surface area contributed by atoms with E-state index in [0.29, 0.717) is 17.3 Å². The monoisotopic (exact) mass is 411 g/mol. The van der Waals surface area contributed by atoms with Gasteiger partial charge in [-0.2, -0.15) is 13.2 Å². The van der Waals surface area contributed by atoms with Crippen LogP contribution in [0.5, 0.6) is 5.75 Å². The van der Waals surface area contributed by atoms with Crippen LogP contribution in [0.4, 0.5) is 13.2 Å². The van der Waals surface area contributed by atoms with Gasteiger partial charge in [0.1, 0.15) is 11.6 Å². The lowest BCUT2D eigenvalue weighted by atomic mass is 9.75. The van der Waals surface area contributed by atoms with E-state index in [2.05, 4.69) is 0 Å². The van der Waals surface area contributed by atoms with Crippen LogP contribution < -0.4 is 10.5 Å². The van der Waals surface area contributed by atoms with Gasteiger partial charge >= 0.3 is 6.18 Å². The number of nitrogens with two attached hydrogens (primary N) is 1. The number of rotatable bonds is 6. The summed E-state index contributed by atoms with van der Waals surface area (Å²) in [6.45, 7) is 3.36. The van der Waals surface area contributed by atoms with Crippen molar-refractivity contribution in [3.8, 4) is 5.75 Å². The number of hydrogen-bond acceptors (Lipinski definition) is 5.